The van der Waals surface area contributed by atoms with Crippen molar-refractivity contribution in [1.29, 1.82) is 0 Å². The number of carboxylic acid groups (broad SMARTS) is 1. The normalized spacial score (nSPS) is 28.3. The zero-order chi connectivity index (χ0) is 14.4. The van der Waals surface area contributed by atoms with E-state index in [1.54, 1.807) is 27.7 Å². The molecule has 1 saturated heterocycles. The molecule has 1 aliphatic rings. The average molecular weight is 279 g/mol. The second-order valence-electron chi connectivity index (χ2n) is 5.95. The van der Waals surface area contributed by atoms with Crippen molar-refractivity contribution in [3.8, 4) is 0 Å². The molecule has 0 saturated carbocycles. The van der Waals surface area contributed by atoms with Gasteiger partial charge in [0.05, 0.1) is 23.0 Å². The highest BCUT2D eigenvalue weighted by molar-refractivity contribution is 7.91. The zero-order valence-electron chi connectivity index (χ0n) is 11.1. The summed E-state index contributed by atoms with van der Waals surface area (Å²) in [6, 6.07) is -0.622. The van der Waals surface area contributed by atoms with Crippen LogP contribution in [-0.4, -0.2) is 53.8 Å². The third-order valence-electron chi connectivity index (χ3n) is 3.97. The third-order valence-corrected chi connectivity index (χ3v) is 5.68. The molecule has 0 aliphatic carbocycles. The lowest BCUT2D eigenvalue weighted by molar-refractivity contribution is -0.151. The van der Waals surface area contributed by atoms with Gasteiger partial charge in [-0.1, -0.05) is 0 Å². The van der Waals surface area contributed by atoms with Crippen LogP contribution in [0.5, 0.6) is 0 Å². The molecule has 6 nitrogen and oxygen atoms in total. The standard InChI is InChI=1S/C11H21NO5S/c1-10(2,9(14)15)11(3,4)12-7-5-18(16,17)6-8(7)13/h7-8,12-13H,5-6H2,1-4H3,(H,14,15). The maximum Gasteiger partial charge on any atom is 0.310 e. The van der Waals surface area contributed by atoms with E-state index in [1.165, 1.54) is 0 Å². The van der Waals surface area contributed by atoms with E-state index < -0.39 is 38.9 Å². The van der Waals surface area contributed by atoms with E-state index in [9.17, 15) is 23.4 Å². The first-order chi connectivity index (χ1) is 7.89. The van der Waals surface area contributed by atoms with Crippen LogP contribution in [0.4, 0.5) is 0 Å². The Morgan fingerprint density at radius 1 is 1.22 bits per heavy atom. The van der Waals surface area contributed by atoms with Gasteiger partial charge in [0.2, 0.25) is 0 Å². The Kier molecular flexibility index (Phi) is 3.82. The van der Waals surface area contributed by atoms with Gasteiger partial charge in [0.15, 0.2) is 9.84 Å². The number of sulfone groups is 1. The van der Waals surface area contributed by atoms with Gasteiger partial charge in [-0.3, -0.25) is 4.79 Å². The molecule has 3 N–H and O–H groups in total. The number of aliphatic carboxylic acids is 1. The molecule has 0 aromatic rings. The minimum atomic E-state index is -3.24. The van der Waals surface area contributed by atoms with Crippen LogP contribution in [0.3, 0.4) is 0 Å². The monoisotopic (exact) mass is 279 g/mol. The molecule has 2 unspecified atom stereocenters. The molecular weight excluding hydrogens is 258 g/mol. The van der Waals surface area contributed by atoms with Crippen molar-refractivity contribution in [1.82, 2.24) is 5.32 Å². The highest BCUT2D eigenvalue weighted by atomic mass is 32.2. The smallest absolute Gasteiger partial charge is 0.310 e. The number of carboxylic acids is 1. The number of nitrogens with one attached hydrogen (secondary N) is 1. The van der Waals surface area contributed by atoms with Crippen LogP contribution in [0, 0.1) is 5.41 Å². The molecule has 0 bridgehead atoms. The minimum absolute atomic E-state index is 0.159. The maximum absolute atomic E-state index is 11.4. The van der Waals surface area contributed by atoms with Crippen molar-refractivity contribution in [2.45, 2.75) is 45.4 Å². The van der Waals surface area contributed by atoms with E-state index in [0.717, 1.165) is 0 Å². The van der Waals surface area contributed by atoms with E-state index in [1.807, 2.05) is 0 Å². The van der Waals surface area contributed by atoms with Crippen LogP contribution in [0.25, 0.3) is 0 Å². The first-order valence-corrected chi connectivity index (χ1v) is 7.61. The van der Waals surface area contributed by atoms with Gasteiger partial charge in [-0.2, -0.15) is 0 Å². The third kappa shape index (κ3) is 2.84. The van der Waals surface area contributed by atoms with Gasteiger partial charge in [0.1, 0.15) is 0 Å². The van der Waals surface area contributed by atoms with Crippen molar-refractivity contribution >= 4 is 15.8 Å². The van der Waals surface area contributed by atoms with E-state index >= 15 is 0 Å². The molecule has 1 rings (SSSR count). The van der Waals surface area contributed by atoms with Crippen LogP contribution < -0.4 is 5.32 Å². The van der Waals surface area contributed by atoms with Gasteiger partial charge in [-0.05, 0) is 27.7 Å². The van der Waals surface area contributed by atoms with Gasteiger partial charge in [-0.25, -0.2) is 8.42 Å². The summed E-state index contributed by atoms with van der Waals surface area (Å²) in [5.41, 5.74) is -1.93. The second-order valence-corrected chi connectivity index (χ2v) is 8.10. The molecule has 106 valence electrons. The largest absolute Gasteiger partial charge is 0.481 e. The fraction of sp³-hybridized carbons (Fsp3) is 0.909. The molecule has 0 amide bonds. The summed E-state index contributed by atoms with van der Waals surface area (Å²) in [6.45, 7) is 6.52. The molecule has 2 atom stereocenters. The fourth-order valence-corrected chi connectivity index (χ4v) is 3.62. The van der Waals surface area contributed by atoms with Crippen LogP contribution in [0.15, 0.2) is 0 Å². The number of hydrogen-bond donors (Lipinski definition) is 3. The second kappa shape index (κ2) is 4.47. The van der Waals surface area contributed by atoms with E-state index in [2.05, 4.69) is 5.32 Å². The Labute approximate surface area is 107 Å². The lowest BCUT2D eigenvalue weighted by Gasteiger charge is -2.41. The highest BCUT2D eigenvalue weighted by Gasteiger charge is 2.47. The molecule has 0 spiro atoms. The van der Waals surface area contributed by atoms with Gasteiger partial charge >= 0.3 is 5.97 Å². The molecule has 0 aromatic carbocycles. The first-order valence-electron chi connectivity index (χ1n) is 5.79. The summed E-state index contributed by atoms with van der Waals surface area (Å²) < 4.78 is 22.8. The van der Waals surface area contributed by atoms with E-state index in [-0.39, 0.29) is 11.5 Å². The first kappa shape index (κ1) is 15.4. The van der Waals surface area contributed by atoms with Gasteiger partial charge < -0.3 is 15.5 Å². The fourth-order valence-electron chi connectivity index (χ4n) is 1.88. The summed E-state index contributed by atoms with van der Waals surface area (Å²) in [7, 11) is -3.24. The van der Waals surface area contributed by atoms with Gasteiger partial charge in [-0.15, -0.1) is 0 Å². The Balaban J connectivity index is 2.88. The van der Waals surface area contributed by atoms with Gasteiger partial charge in [0.25, 0.3) is 0 Å². The average Bonchev–Trinajstić information content (AvgIpc) is 2.37. The number of aliphatic hydroxyl groups excluding tert-OH is 1. The predicted molar refractivity (Wildman–Crippen MR) is 67.1 cm³/mol. The number of hydrogen-bond acceptors (Lipinski definition) is 5. The van der Waals surface area contributed by atoms with Crippen molar-refractivity contribution in [2.24, 2.45) is 5.41 Å². The van der Waals surface area contributed by atoms with Crippen molar-refractivity contribution in [2.75, 3.05) is 11.5 Å². The lowest BCUT2D eigenvalue weighted by Crippen LogP contribution is -2.60. The van der Waals surface area contributed by atoms with E-state index in [4.69, 9.17) is 0 Å². The Morgan fingerprint density at radius 2 is 1.72 bits per heavy atom. The summed E-state index contributed by atoms with van der Waals surface area (Å²) in [5.74, 6) is -1.41. The Hall–Kier alpha value is -0.660. The quantitative estimate of drug-likeness (QED) is 0.648. The highest BCUT2D eigenvalue weighted by Crippen LogP contribution is 2.32. The predicted octanol–water partition coefficient (Wildman–Crippen LogP) is -0.377. The molecule has 7 heteroatoms. The van der Waals surface area contributed by atoms with Crippen LogP contribution >= 0.6 is 0 Å². The molecule has 1 fully saturated rings. The summed E-state index contributed by atoms with van der Waals surface area (Å²) in [6.07, 6.45) is -0.987. The van der Waals surface area contributed by atoms with Crippen LogP contribution in [-0.2, 0) is 14.6 Å². The topological polar surface area (TPSA) is 104 Å². The Morgan fingerprint density at radius 3 is 2.06 bits per heavy atom. The summed E-state index contributed by atoms with van der Waals surface area (Å²) in [5, 5.41) is 21.9. The summed E-state index contributed by atoms with van der Waals surface area (Å²) in [4.78, 5) is 11.2. The van der Waals surface area contributed by atoms with E-state index in [0.29, 0.717) is 0 Å². The van der Waals surface area contributed by atoms with Crippen molar-refractivity contribution in [3.63, 3.8) is 0 Å². The molecular formula is C11H21NO5S. The lowest BCUT2D eigenvalue weighted by atomic mass is 9.74. The number of rotatable bonds is 4. The van der Waals surface area contributed by atoms with Crippen molar-refractivity contribution in [3.05, 3.63) is 0 Å². The number of carbonyl (C=O) groups is 1. The molecule has 1 aliphatic heterocycles. The van der Waals surface area contributed by atoms with Crippen molar-refractivity contribution < 1.29 is 23.4 Å². The minimum Gasteiger partial charge on any atom is -0.481 e. The molecule has 0 aromatic heterocycles. The number of aliphatic hydroxyl groups is 1. The zero-order valence-corrected chi connectivity index (χ0v) is 11.9. The Bertz CT molecular complexity index is 440. The molecule has 0 radical (unpaired) electrons. The maximum atomic E-state index is 11.4. The van der Waals surface area contributed by atoms with Crippen LogP contribution in [0.2, 0.25) is 0 Å². The van der Waals surface area contributed by atoms with Crippen LogP contribution in [0.1, 0.15) is 27.7 Å². The molecule has 18 heavy (non-hydrogen) atoms. The van der Waals surface area contributed by atoms with Gasteiger partial charge in [0, 0.05) is 11.6 Å². The molecule has 1 heterocycles. The SMILES string of the molecule is CC(C)(NC1CS(=O)(=O)CC1O)C(C)(C)C(=O)O. The summed E-state index contributed by atoms with van der Waals surface area (Å²) >= 11 is 0.